The van der Waals surface area contributed by atoms with Crippen LogP contribution in [0.25, 0.3) is 0 Å². The van der Waals surface area contributed by atoms with E-state index in [-0.39, 0.29) is 22.6 Å². The molecule has 2 aromatic carbocycles. The highest BCUT2D eigenvalue weighted by molar-refractivity contribution is 7.89. The molecule has 2 aromatic rings. The van der Waals surface area contributed by atoms with Crippen LogP contribution in [0.5, 0.6) is 11.5 Å². The predicted octanol–water partition coefficient (Wildman–Crippen LogP) is 3.97. The molecule has 0 bridgehead atoms. The molecule has 5 rings (SSSR count). The quantitative estimate of drug-likeness (QED) is 0.597. The lowest BCUT2D eigenvalue weighted by Crippen LogP contribution is -2.34. The van der Waals surface area contributed by atoms with E-state index in [0.717, 1.165) is 29.5 Å². The highest BCUT2D eigenvalue weighted by Crippen LogP contribution is 2.45. The molecule has 36 heavy (non-hydrogen) atoms. The fraction of sp³-hybridized carbons (Fsp3) is 0.500. The number of fused-ring (bicyclic) bond motifs is 3. The second-order valence-electron chi connectivity index (χ2n) is 9.55. The van der Waals surface area contributed by atoms with Crippen molar-refractivity contribution in [3.05, 3.63) is 53.1 Å². The minimum absolute atomic E-state index is 0.0814. The Morgan fingerprint density at radius 1 is 1.11 bits per heavy atom. The summed E-state index contributed by atoms with van der Waals surface area (Å²) in [4.78, 5) is 5.27. The normalized spacial score (nSPS) is 24.2. The molecule has 2 heterocycles. The van der Waals surface area contributed by atoms with Gasteiger partial charge in [-0.05, 0) is 61.9 Å². The molecule has 1 aliphatic carbocycles. The number of hydrogen-bond donors (Lipinski definition) is 1. The van der Waals surface area contributed by atoms with Gasteiger partial charge in [0.05, 0.1) is 29.9 Å². The van der Waals surface area contributed by atoms with Gasteiger partial charge in [0.15, 0.2) is 11.5 Å². The zero-order chi connectivity index (χ0) is 25.4. The van der Waals surface area contributed by atoms with Crippen molar-refractivity contribution in [3.63, 3.8) is 0 Å². The lowest BCUT2D eigenvalue weighted by atomic mass is 9.74. The summed E-state index contributed by atoms with van der Waals surface area (Å²) in [6.45, 7) is 0.323. The van der Waals surface area contributed by atoms with Crippen LogP contribution >= 0.6 is 0 Å². The Kier molecular flexibility index (Phi) is 7.02. The van der Waals surface area contributed by atoms with Crippen molar-refractivity contribution in [1.29, 1.82) is 0 Å². The van der Waals surface area contributed by atoms with E-state index in [1.165, 1.54) is 11.4 Å². The van der Waals surface area contributed by atoms with E-state index in [9.17, 15) is 22.3 Å². The Hall–Kier alpha value is -2.56. The van der Waals surface area contributed by atoms with E-state index >= 15 is 0 Å². The molecule has 1 N–H and O–H groups in total. The molecule has 10 heteroatoms. The molecule has 2 fully saturated rings. The van der Waals surface area contributed by atoms with Crippen molar-refractivity contribution in [3.8, 4) is 11.5 Å². The van der Waals surface area contributed by atoms with Gasteiger partial charge in [-0.1, -0.05) is 12.1 Å². The number of aliphatic imine (C=N–C) groups is 1. The van der Waals surface area contributed by atoms with E-state index < -0.39 is 29.2 Å². The topological polar surface area (TPSA) is 88.4 Å². The number of benzene rings is 2. The van der Waals surface area contributed by atoms with Crippen LogP contribution in [0.15, 0.2) is 46.3 Å². The maximum Gasteiger partial charge on any atom is 0.272 e. The Balaban J connectivity index is 1.55. The summed E-state index contributed by atoms with van der Waals surface area (Å²) >= 11 is 0. The van der Waals surface area contributed by atoms with E-state index in [2.05, 4.69) is 0 Å². The number of ether oxygens (including phenoxy) is 2. The average Bonchev–Trinajstić information content (AvgIpc) is 3.43. The van der Waals surface area contributed by atoms with Crippen LogP contribution in [0.1, 0.15) is 54.7 Å². The number of aliphatic hydroxyl groups excluding tert-OH is 1. The molecule has 0 spiro atoms. The summed E-state index contributed by atoms with van der Waals surface area (Å²) < 4.78 is 63.9. The van der Waals surface area contributed by atoms with Crippen LogP contribution in [0.2, 0.25) is 0 Å². The van der Waals surface area contributed by atoms with Gasteiger partial charge in [-0.2, -0.15) is 4.31 Å². The number of halogens is 2. The van der Waals surface area contributed by atoms with Gasteiger partial charge in [-0.3, -0.25) is 4.99 Å². The molecule has 7 nitrogen and oxygen atoms in total. The summed E-state index contributed by atoms with van der Waals surface area (Å²) in [6, 6.07) is 10.1. The third-order valence-corrected chi connectivity index (χ3v) is 9.18. The van der Waals surface area contributed by atoms with E-state index in [1.807, 2.05) is 0 Å². The maximum atomic E-state index is 13.0. The van der Waals surface area contributed by atoms with Crippen LogP contribution in [0.3, 0.4) is 0 Å². The second kappa shape index (κ2) is 10.1. The van der Waals surface area contributed by atoms with Crippen molar-refractivity contribution in [2.45, 2.75) is 61.5 Å². The lowest BCUT2D eigenvalue weighted by molar-refractivity contribution is 0.0802. The summed E-state index contributed by atoms with van der Waals surface area (Å²) in [5.41, 5.74) is 3.07. The third kappa shape index (κ3) is 4.73. The van der Waals surface area contributed by atoms with Crippen LogP contribution < -0.4 is 9.47 Å². The molecule has 194 valence electrons. The minimum Gasteiger partial charge on any atom is -0.493 e. The first kappa shape index (κ1) is 25.1. The third-order valence-electron chi connectivity index (χ3n) is 7.27. The van der Waals surface area contributed by atoms with Gasteiger partial charge in [0.1, 0.15) is 6.61 Å². The Labute approximate surface area is 209 Å². The van der Waals surface area contributed by atoms with Gasteiger partial charge in [-0.15, -0.1) is 0 Å². The molecule has 0 amide bonds. The zero-order valence-electron chi connectivity index (χ0n) is 20.1. The molecule has 3 aliphatic rings. The lowest BCUT2D eigenvalue weighted by Gasteiger charge is -2.37. The van der Waals surface area contributed by atoms with Crippen LogP contribution in [-0.4, -0.2) is 68.9 Å². The van der Waals surface area contributed by atoms with Crippen molar-refractivity contribution >= 4 is 15.7 Å². The Morgan fingerprint density at radius 3 is 2.50 bits per heavy atom. The van der Waals surface area contributed by atoms with E-state index in [1.54, 1.807) is 36.4 Å². The number of methoxy groups -OCH3 is 1. The molecule has 1 saturated heterocycles. The zero-order valence-corrected chi connectivity index (χ0v) is 20.9. The van der Waals surface area contributed by atoms with Gasteiger partial charge in [0.25, 0.3) is 6.43 Å². The van der Waals surface area contributed by atoms with Gasteiger partial charge in [0, 0.05) is 30.1 Å². The number of aliphatic hydroxyl groups is 1. The van der Waals surface area contributed by atoms with Crippen molar-refractivity contribution < 1.29 is 31.8 Å². The fourth-order valence-electron chi connectivity index (χ4n) is 5.46. The number of alkyl halides is 2. The minimum atomic E-state index is -3.53. The largest absolute Gasteiger partial charge is 0.493 e. The summed E-state index contributed by atoms with van der Waals surface area (Å²) in [5, 5.41) is 10.3. The SMILES string of the molecule is COc1cc2c(cc1OCC(F)F)C1CC(O)CCC1N=C2c1ccc(S(=O)(=O)N2CCCC2)cc1. The van der Waals surface area contributed by atoms with Gasteiger partial charge in [-0.25, -0.2) is 17.2 Å². The highest BCUT2D eigenvalue weighted by Gasteiger charge is 2.37. The number of rotatable bonds is 7. The molecular formula is C26H30F2N2O5S. The Morgan fingerprint density at radius 2 is 1.83 bits per heavy atom. The molecular weight excluding hydrogens is 490 g/mol. The second-order valence-corrected chi connectivity index (χ2v) is 11.5. The van der Waals surface area contributed by atoms with Crippen LogP contribution in [0.4, 0.5) is 8.78 Å². The fourth-order valence-corrected chi connectivity index (χ4v) is 6.98. The molecule has 2 aliphatic heterocycles. The van der Waals surface area contributed by atoms with Crippen LogP contribution in [0, 0.1) is 0 Å². The first-order valence-electron chi connectivity index (χ1n) is 12.3. The molecule has 0 aromatic heterocycles. The summed E-state index contributed by atoms with van der Waals surface area (Å²) in [7, 11) is -2.09. The van der Waals surface area contributed by atoms with Crippen molar-refractivity contribution in [1.82, 2.24) is 4.31 Å². The number of hydrogen-bond acceptors (Lipinski definition) is 6. The first-order chi connectivity index (χ1) is 17.3. The maximum absolute atomic E-state index is 13.0. The monoisotopic (exact) mass is 520 g/mol. The predicted molar refractivity (Wildman–Crippen MR) is 131 cm³/mol. The summed E-state index contributed by atoms with van der Waals surface area (Å²) in [5.74, 6) is 0.455. The summed E-state index contributed by atoms with van der Waals surface area (Å²) in [6.07, 6.45) is 0.490. The molecule has 0 radical (unpaired) electrons. The smallest absolute Gasteiger partial charge is 0.272 e. The van der Waals surface area contributed by atoms with E-state index in [0.29, 0.717) is 43.8 Å². The average molecular weight is 521 g/mol. The molecule has 3 unspecified atom stereocenters. The number of sulfonamides is 1. The van der Waals surface area contributed by atoms with Gasteiger partial charge < -0.3 is 14.6 Å². The van der Waals surface area contributed by atoms with Crippen molar-refractivity contribution in [2.75, 3.05) is 26.8 Å². The highest BCUT2D eigenvalue weighted by atomic mass is 32.2. The van der Waals surface area contributed by atoms with E-state index in [4.69, 9.17) is 14.5 Å². The van der Waals surface area contributed by atoms with Crippen molar-refractivity contribution in [2.24, 2.45) is 4.99 Å². The van der Waals surface area contributed by atoms with Gasteiger partial charge >= 0.3 is 0 Å². The molecule has 1 saturated carbocycles. The Bertz CT molecular complexity index is 1240. The number of nitrogens with zero attached hydrogens (tertiary/aromatic N) is 2. The standard InChI is InChI=1S/C26H30F2N2O5S/c1-34-23-14-21-19(13-24(23)35-15-25(27)28)20-12-17(31)6-9-22(20)29-26(21)16-4-7-18(8-5-16)36(32,33)30-10-2-3-11-30/h4-5,7-8,13-14,17,20,22,25,31H,2-3,6,9-12,15H2,1H3. The van der Waals surface area contributed by atoms with Crippen LogP contribution in [-0.2, 0) is 10.0 Å². The first-order valence-corrected chi connectivity index (χ1v) is 13.7. The van der Waals surface area contributed by atoms with Gasteiger partial charge in [0.2, 0.25) is 10.0 Å². The molecule has 3 atom stereocenters.